The number of fused-ring (bicyclic) bond motifs is 1. The van der Waals surface area contributed by atoms with Crippen LogP contribution in [-0.2, 0) is 13.0 Å². The molecular weight excluding hydrogens is 314 g/mol. The Bertz CT molecular complexity index is 769. The van der Waals surface area contributed by atoms with Crippen molar-refractivity contribution in [2.45, 2.75) is 31.8 Å². The summed E-state index contributed by atoms with van der Waals surface area (Å²) in [7, 11) is 1.63. The van der Waals surface area contributed by atoms with Gasteiger partial charge in [0.2, 0.25) is 0 Å². The maximum Gasteiger partial charge on any atom is 0.271 e. The van der Waals surface area contributed by atoms with Gasteiger partial charge in [-0.05, 0) is 43.0 Å². The number of rotatable bonds is 4. The fourth-order valence-electron chi connectivity index (χ4n) is 3.96. The highest BCUT2D eigenvalue weighted by molar-refractivity contribution is 5.91. The molecule has 0 aliphatic carbocycles. The smallest absolute Gasteiger partial charge is 0.271 e. The molecule has 1 aromatic heterocycles. The summed E-state index contributed by atoms with van der Waals surface area (Å²) in [6, 6.07) is 8.76. The first kappa shape index (κ1) is 16.1. The predicted molar refractivity (Wildman–Crippen MR) is 97.8 cm³/mol. The topological polar surface area (TPSA) is 62.2 Å². The minimum absolute atomic E-state index is 0.127. The number of amides is 1. The number of hydrogen-bond acceptors (Lipinski definition) is 4. The van der Waals surface area contributed by atoms with E-state index in [4.69, 9.17) is 0 Å². The zero-order chi connectivity index (χ0) is 17.2. The van der Waals surface area contributed by atoms with Crippen LogP contribution < -0.4 is 10.6 Å². The van der Waals surface area contributed by atoms with Crippen LogP contribution in [0.5, 0.6) is 0 Å². The average molecular weight is 339 g/mol. The van der Waals surface area contributed by atoms with Crippen LogP contribution in [0.1, 0.15) is 40.5 Å². The van der Waals surface area contributed by atoms with Gasteiger partial charge in [0.15, 0.2) is 0 Å². The molecule has 0 spiro atoms. The Morgan fingerprint density at radius 3 is 3.20 bits per heavy atom. The zero-order valence-electron chi connectivity index (χ0n) is 14.7. The molecule has 2 N–H and O–H groups in total. The monoisotopic (exact) mass is 339 g/mol. The van der Waals surface area contributed by atoms with Gasteiger partial charge in [0.25, 0.3) is 5.91 Å². The third kappa shape index (κ3) is 3.26. The fourth-order valence-corrected chi connectivity index (χ4v) is 3.96. The molecule has 6 nitrogen and oxygen atoms in total. The molecule has 1 unspecified atom stereocenters. The molecule has 6 heteroatoms. The van der Waals surface area contributed by atoms with Gasteiger partial charge in [-0.3, -0.25) is 14.4 Å². The summed E-state index contributed by atoms with van der Waals surface area (Å²) in [5, 5.41) is 10.6. The SMILES string of the molecule is CNC(=O)c1ccn(C2CCCN(Cc3cccc4c3NCC4)C2)n1. The van der Waals surface area contributed by atoms with Gasteiger partial charge in [-0.25, -0.2) is 0 Å². The van der Waals surface area contributed by atoms with Crippen molar-refractivity contribution in [2.75, 3.05) is 32.0 Å². The van der Waals surface area contributed by atoms with Gasteiger partial charge >= 0.3 is 0 Å². The van der Waals surface area contributed by atoms with E-state index in [1.807, 2.05) is 10.9 Å². The molecule has 1 atom stereocenters. The van der Waals surface area contributed by atoms with E-state index in [0.717, 1.165) is 45.4 Å². The average Bonchev–Trinajstić information content (AvgIpc) is 3.31. The molecule has 1 amide bonds. The minimum Gasteiger partial charge on any atom is -0.384 e. The van der Waals surface area contributed by atoms with Crippen LogP contribution in [0, 0.1) is 0 Å². The maximum absolute atomic E-state index is 11.7. The van der Waals surface area contributed by atoms with Crippen molar-refractivity contribution in [1.29, 1.82) is 0 Å². The number of carbonyl (C=O) groups excluding carboxylic acids is 1. The fraction of sp³-hybridized carbons (Fsp3) is 0.474. The standard InChI is InChI=1S/C19H25N5O/c1-20-19(25)17-8-11-24(22-17)16-6-3-10-23(13-16)12-15-5-2-4-14-7-9-21-18(14)15/h2,4-5,8,11,16,21H,3,6-7,9-10,12-13H2,1H3,(H,20,25). The molecule has 132 valence electrons. The van der Waals surface area contributed by atoms with Crippen LogP contribution in [-0.4, -0.2) is 47.3 Å². The van der Waals surface area contributed by atoms with Crippen LogP contribution in [0.25, 0.3) is 0 Å². The summed E-state index contributed by atoms with van der Waals surface area (Å²) in [5.74, 6) is -0.127. The molecular formula is C19H25N5O. The van der Waals surface area contributed by atoms with Crippen LogP contribution >= 0.6 is 0 Å². The van der Waals surface area contributed by atoms with Crippen LogP contribution in [0.15, 0.2) is 30.5 Å². The van der Waals surface area contributed by atoms with Crippen molar-refractivity contribution < 1.29 is 4.79 Å². The lowest BCUT2D eigenvalue weighted by Gasteiger charge is -2.33. The number of para-hydroxylation sites is 1. The maximum atomic E-state index is 11.7. The molecule has 0 radical (unpaired) electrons. The quantitative estimate of drug-likeness (QED) is 0.895. The molecule has 2 aliphatic rings. The zero-order valence-corrected chi connectivity index (χ0v) is 14.7. The number of anilines is 1. The van der Waals surface area contributed by atoms with Gasteiger partial charge in [-0.2, -0.15) is 5.10 Å². The second-order valence-corrected chi connectivity index (χ2v) is 6.92. The third-order valence-corrected chi connectivity index (χ3v) is 5.25. The number of benzene rings is 1. The summed E-state index contributed by atoms with van der Waals surface area (Å²) in [6.07, 6.45) is 5.32. The van der Waals surface area contributed by atoms with Crippen molar-refractivity contribution >= 4 is 11.6 Å². The van der Waals surface area contributed by atoms with Gasteiger partial charge in [0, 0.05) is 38.6 Å². The van der Waals surface area contributed by atoms with E-state index in [0.29, 0.717) is 11.7 Å². The van der Waals surface area contributed by atoms with E-state index in [1.165, 1.54) is 16.8 Å². The lowest BCUT2D eigenvalue weighted by molar-refractivity contribution is 0.0955. The summed E-state index contributed by atoms with van der Waals surface area (Å²) in [4.78, 5) is 14.2. The Hall–Kier alpha value is -2.34. The Morgan fingerprint density at radius 1 is 1.40 bits per heavy atom. The van der Waals surface area contributed by atoms with Crippen molar-refractivity contribution in [3.05, 3.63) is 47.3 Å². The van der Waals surface area contributed by atoms with Crippen molar-refractivity contribution in [2.24, 2.45) is 0 Å². The number of piperidine rings is 1. The molecule has 2 aromatic rings. The molecule has 0 bridgehead atoms. The first-order valence-electron chi connectivity index (χ1n) is 9.09. The van der Waals surface area contributed by atoms with Crippen molar-refractivity contribution in [3.63, 3.8) is 0 Å². The summed E-state index contributed by atoms with van der Waals surface area (Å²) >= 11 is 0. The van der Waals surface area contributed by atoms with Crippen molar-refractivity contribution in [1.82, 2.24) is 20.0 Å². The highest BCUT2D eigenvalue weighted by Gasteiger charge is 2.24. The van der Waals surface area contributed by atoms with Crippen LogP contribution in [0.2, 0.25) is 0 Å². The summed E-state index contributed by atoms with van der Waals surface area (Å²) in [5.41, 5.74) is 4.66. The lowest BCUT2D eigenvalue weighted by atomic mass is 10.0. The Balaban J connectivity index is 1.46. The van der Waals surface area contributed by atoms with Gasteiger partial charge in [-0.1, -0.05) is 18.2 Å². The van der Waals surface area contributed by atoms with Gasteiger partial charge in [0.1, 0.15) is 5.69 Å². The van der Waals surface area contributed by atoms with E-state index in [-0.39, 0.29) is 5.91 Å². The van der Waals surface area contributed by atoms with Crippen LogP contribution in [0.3, 0.4) is 0 Å². The van der Waals surface area contributed by atoms with E-state index >= 15 is 0 Å². The van der Waals surface area contributed by atoms with Gasteiger partial charge in [0.05, 0.1) is 6.04 Å². The lowest BCUT2D eigenvalue weighted by Crippen LogP contribution is -2.36. The minimum atomic E-state index is -0.127. The number of aromatic nitrogens is 2. The number of carbonyl (C=O) groups is 1. The molecule has 3 heterocycles. The predicted octanol–water partition coefficient (Wildman–Crippen LogP) is 2.05. The summed E-state index contributed by atoms with van der Waals surface area (Å²) in [6.45, 7) is 4.10. The normalized spacial score (nSPS) is 20.1. The first-order chi connectivity index (χ1) is 12.2. The van der Waals surface area contributed by atoms with E-state index in [2.05, 4.69) is 38.8 Å². The van der Waals surface area contributed by atoms with E-state index < -0.39 is 0 Å². The molecule has 1 saturated heterocycles. The third-order valence-electron chi connectivity index (χ3n) is 5.25. The molecule has 0 saturated carbocycles. The Kier molecular flexibility index (Phi) is 4.44. The summed E-state index contributed by atoms with van der Waals surface area (Å²) < 4.78 is 1.96. The second-order valence-electron chi connectivity index (χ2n) is 6.92. The number of nitrogens with zero attached hydrogens (tertiary/aromatic N) is 3. The largest absolute Gasteiger partial charge is 0.384 e. The Morgan fingerprint density at radius 2 is 2.32 bits per heavy atom. The molecule has 25 heavy (non-hydrogen) atoms. The Labute approximate surface area is 148 Å². The molecule has 1 aromatic carbocycles. The van der Waals surface area contributed by atoms with E-state index in [1.54, 1.807) is 13.1 Å². The second kappa shape index (κ2) is 6.88. The van der Waals surface area contributed by atoms with Crippen molar-refractivity contribution in [3.8, 4) is 0 Å². The van der Waals surface area contributed by atoms with Gasteiger partial charge < -0.3 is 10.6 Å². The first-order valence-corrected chi connectivity index (χ1v) is 9.09. The number of likely N-dealkylation sites (tertiary alicyclic amines) is 1. The highest BCUT2D eigenvalue weighted by Crippen LogP contribution is 2.29. The van der Waals surface area contributed by atoms with Gasteiger partial charge in [-0.15, -0.1) is 0 Å². The van der Waals surface area contributed by atoms with Crippen LogP contribution in [0.4, 0.5) is 5.69 Å². The highest BCUT2D eigenvalue weighted by atomic mass is 16.1. The van der Waals surface area contributed by atoms with E-state index in [9.17, 15) is 4.79 Å². The number of hydrogen-bond donors (Lipinski definition) is 2. The molecule has 4 rings (SSSR count). The number of nitrogens with one attached hydrogen (secondary N) is 2. The molecule has 2 aliphatic heterocycles. The molecule has 1 fully saturated rings.